The van der Waals surface area contributed by atoms with Gasteiger partial charge in [0.05, 0.1) is 0 Å². The van der Waals surface area contributed by atoms with Crippen molar-refractivity contribution in [2.24, 2.45) is 5.92 Å². The molecule has 4 heteroatoms. The molecule has 0 atom stereocenters. The Morgan fingerprint density at radius 2 is 1.68 bits per heavy atom. The number of nitrogens with zero attached hydrogens (tertiary/aromatic N) is 2. The number of carbonyl (C=O) groups excluding carboxylic acids is 2. The lowest BCUT2D eigenvalue weighted by molar-refractivity contribution is -0.131. The van der Waals surface area contributed by atoms with Crippen LogP contribution in [0.3, 0.4) is 0 Å². The molecule has 1 saturated heterocycles. The second kappa shape index (κ2) is 7.43. The summed E-state index contributed by atoms with van der Waals surface area (Å²) in [6, 6.07) is 7.69. The van der Waals surface area contributed by atoms with Gasteiger partial charge in [0.2, 0.25) is 5.91 Å². The molecule has 0 saturated carbocycles. The third kappa shape index (κ3) is 4.09. The van der Waals surface area contributed by atoms with Crippen molar-refractivity contribution in [1.29, 1.82) is 0 Å². The molecule has 4 nitrogen and oxygen atoms in total. The maximum atomic E-state index is 12.7. The molecule has 120 valence electrons. The van der Waals surface area contributed by atoms with Crippen LogP contribution in [-0.2, 0) is 4.79 Å². The van der Waals surface area contributed by atoms with E-state index in [1.807, 2.05) is 41.0 Å². The fraction of sp³-hybridized carbons (Fsp3) is 0.556. The van der Waals surface area contributed by atoms with E-state index >= 15 is 0 Å². The molecule has 0 radical (unpaired) electrons. The molecule has 0 aromatic heterocycles. The molecular weight excluding hydrogens is 276 g/mol. The summed E-state index contributed by atoms with van der Waals surface area (Å²) in [6.07, 6.45) is 1.44. The first-order valence-corrected chi connectivity index (χ1v) is 8.11. The molecule has 0 unspecified atom stereocenters. The highest BCUT2D eigenvalue weighted by molar-refractivity contribution is 5.95. The molecule has 0 N–H and O–H groups in total. The SMILES string of the molecule is Cc1ccccc1C(=O)N1CCCN(C(=O)CC(C)C)CC1. The molecule has 0 bridgehead atoms. The minimum Gasteiger partial charge on any atom is -0.341 e. The highest BCUT2D eigenvalue weighted by atomic mass is 16.2. The van der Waals surface area contributed by atoms with Crippen LogP contribution < -0.4 is 0 Å². The van der Waals surface area contributed by atoms with E-state index in [2.05, 4.69) is 13.8 Å². The Morgan fingerprint density at radius 3 is 2.36 bits per heavy atom. The summed E-state index contributed by atoms with van der Waals surface area (Å²) in [5.74, 6) is 0.664. The van der Waals surface area contributed by atoms with Gasteiger partial charge < -0.3 is 9.80 Å². The molecule has 1 aliphatic rings. The van der Waals surface area contributed by atoms with E-state index in [1.165, 1.54) is 0 Å². The number of amides is 2. The van der Waals surface area contributed by atoms with Crippen LogP contribution in [0.15, 0.2) is 24.3 Å². The van der Waals surface area contributed by atoms with E-state index in [-0.39, 0.29) is 11.8 Å². The maximum absolute atomic E-state index is 12.7. The summed E-state index contributed by atoms with van der Waals surface area (Å²) in [6.45, 7) is 8.82. The second-order valence-corrected chi connectivity index (χ2v) is 6.44. The molecule has 1 aromatic rings. The molecule has 0 aliphatic carbocycles. The van der Waals surface area contributed by atoms with Crippen molar-refractivity contribution < 1.29 is 9.59 Å². The van der Waals surface area contributed by atoms with Crippen molar-refractivity contribution >= 4 is 11.8 Å². The average molecular weight is 302 g/mol. The zero-order chi connectivity index (χ0) is 16.1. The third-order valence-corrected chi connectivity index (χ3v) is 4.09. The van der Waals surface area contributed by atoms with E-state index in [0.29, 0.717) is 25.4 Å². The topological polar surface area (TPSA) is 40.6 Å². The summed E-state index contributed by atoms with van der Waals surface area (Å²) >= 11 is 0. The van der Waals surface area contributed by atoms with Crippen molar-refractivity contribution in [2.45, 2.75) is 33.6 Å². The number of hydrogen-bond donors (Lipinski definition) is 0. The first-order valence-electron chi connectivity index (χ1n) is 8.11. The number of aryl methyl sites for hydroxylation is 1. The van der Waals surface area contributed by atoms with E-state index in [1.54, 1.807) is 0 Å². The van der Waals surface area contributed by atoms with Gasteiger partial charge in [0.25, 0.3) is 5.91 Å². The van der Waals surface area contributed by atoms with E-state index < -0.39 is 0 Å². The lowest BCUT2D eigenvalue weighted by Gasteiger charge is -2.23. The van der Waals surface area contributed by atoms with Gasteiger partial charge in [-0.15, -0.1) is 0 Å². The Hall–Kier alpha value is -1.84. The highest BCUT2D eigenvalue weighted by Crippen LogP contribution is 2.14. The Bertz CT molecular complexity index is 540. The molecule has 1 fully saturated rings. The van der Waals surface area contributed by atoms with E-state index in [0.717, 1.165) is 30.6 Å². The van der Waals surface area contributed by atoms with E-state index in [9.17, 15) is 9.59 Å². The van der Waals surface area contributed by atoms with Gasteiger partial charge in [0.1, 0.15) is 0 Å². The fourth-order valence-corrected chi connectivity index (χ4v) is 2.83. The van der Waals surface area contributed by atoms with Gasteiger partial charge in [-0.2, -0.15) is 0 Å². The fourth-order valence-electron chi connectivity index (χ4n) is 2.83. The predicted molar refractivity (Wildman–Crippen MR) is 87.7 cm³/mol. The standard InChI is InChI=1S/C18H26N2O2/c1-14(2)13-17(21)19-9-6-10-20(12-11-19)18(22)16-8-5-4-7-15(16)3/h4-5,7-8,14H,6,9-13H2,1-3H3. The Kier molecular flexibility index (Phi) is 5.58. The quantitative estimate of drug-likeness (QED) is 0.861. The van der Waals surface area contributed by atoms with Gasteiger partial charge in [-0.05, 0) is 30.9 Å². The smallest absolute Gasteiger partial charge is 0.254 e. The molecule has 1 aliphatic heterocycles. The van der Waals surface area contributed by atoms with Crippen LogP contribution in [0, 0.1) is 12.8 Å². The van der Waals surface area contributed by atoms with Crippen molar-refractivity contribution in [3.05, 3.63) is 35.4 Å². The van der Waals surface area contributed by atoms with Crippen molar-refractivity contribution in [3.8, 4) is 0 Å². The largest absolute Gasteiger partial charge is 0.341 e. The monoisotopic (exact) mass is 302 g/mol. The van der Waals surface area contributed by atoms with Crippen molar-refractivity contribution in [2.75, 3.05) is 26.2 Å². The zero-order valence-corrected chi connectivity index (χ0v) is 13.8. The van der Waals surface area contributed by atoms with Gasteiger partial charge in [-0.25, -0.2) is 0 Å². The first-order chi connectivity index (χ1) is 10.5. The van der Waals surface area contributed by atoms with E-state index in [4.69, 9.17) is 0 Å². The van der Waals surface area contributed by atoms with Crippen molar-refractivity contribution in [3.63, 3.8) is 0 Å². The van der Waals surface area contributed by atoms with Crippen LogP contribution in [0.5, 0.6) is 0 Å². The average Bonchev–Trinajstić information content (AvgIpc) is 2.72. The minimum atomic E-state index is 0.0799. The lowest BCUT2D eigenvalue weighted by Crippen LogP contribution is -2.37. The second-order valence-electron chi connectivity index (χ2n) is 6.44. The van der Waals surface area contributed by atoms with Gasteiger partial charge in [0, 0.05) is 38.2 Å². The minimum absolute atomic E-state index is 0.0799. The zero-order valence-electron chi connectivity index (χ0n) is 13.8. The summed E-state index contributed by atoms with van der Waals surface area (Å²) in [5.41, 5.74) is 1.77. The van der Waals surface area contributed by atoms with Crippen LogP contribution in [-0.4, -0.2) is 47.8 Å². The van der Waals surface area contributed by atoms with Gasteiger partial charge in [-0.3, -0.25) is 9.59 Å². The number of benzene rings is 1. The Labute approximate surface area is 133 Å². The summed E-state index contributed by atoms with van der Waals surface area (Å²) in [5, 5.41) is 0. The first kappa shape index (κ1) is 16.5. The molecule has 2 amide bonds. The van der Waals surface area contributed by atoms with Crippen LogP contribution in [0.1, 0.15) is 42.6 Å². The van der Waals surface area contributed by atoms with Crippen LogP contribution in [0.2, 0.25) is 0 Å². The number of rotatable bonds is 3. The van der Waals surface area contributed by atoms with Crippen LogP contribution >= 0.6 is 0 Å². The van der Waals surface area contributed by atoms with Crippen molar-refractivity contribution in [1.82, 2.24) is 9.80 Å². The van der Waals surface area contributed by atoms with Gasteiger partial charge >= 0.3 is 0 Å². The van der Waals surface area contributed by atoms with Gasteiger partial charge in [0.15, 0.2) is 0 Å². The predicted octanol–water partition coefficient (Wildman–Crippen LogP) is 2.72. The molecule has 2 rings (SSSR count). The summed E-state index contributed by atoms with van der Waals surface area (Å²) < 4.78 is 0. The number of carbonyl (C=O) groups is 2. The maximum Gasteiger partial charge on any atom is 0.254 e. The summed E-state index contributed by atoms with van der Waals surface area (Å²) in [4.78, 5) is 28.6. The number of hydrogen-bond acceptors (Lipinski definition) is 2. The van der Waals surface area contributed by atoms with Crippen LogP contribution in [0.25, 0.3) is 0 Å². The normalized spacial score (nSPS) is 15.8. The molecule has 0 spiro atoms. The molecule has 1 aromatic carbocycles. The van der Waals surface area contributed by atoms with Gasteiger partial charge in [-0.1, -0.05) is 32.0 Å². The Morgan fingerprint density at radius 1 is 1.05 bits per heavy atom. The summed E-state index contributed by atoms with van der Waals surface area (Å²) in [7, 11) is 0. The molecule has 22 heavy (non-hydrogen) atoms. The third-order valence-electron chi connectivity index (χ3n) is 4.09. The lowest BCUT2D eigenvalue weighted by atomic mass is 10.1. The highest BCUT2D eigenvalue weighted by Gasteiger charge is 2.23. The molecule has 1 heterocycles. The molecular formula is C18H26N2O2. The Balaban J connectivity index is 2.00. The van der Waals surface area contributed by atoms with Crippen LogP contribution in [0.4, 0.5) is 0 Å².